The van der Waals surface area contributed by atoms with Crippen LogP contribution in [0.2, 0.25) is 5.02 Å². The third kappa shape index (κ3) is 7.03. The van der Waals surface area contributed by atoms with Crippen LogP contribution in [0.5, 0.6) is 0 Å². The van der Waals surface area contributed by atoms with E-state index in [0.717, 1.165) is 35.1 Å². The molecule has 0 amide bonds. The number of nitrogens with one attached hydrogen (secondary N) is 1. The molecule has 0 spiro atoms. The van der Waals surface area contributed by atoms with Crippen LogP contribution >= 0.6 is 11.6 Å². The Kier molecular flexibility index (Phi) is 8.56. The van der Waals surface area contributed by atoms with Gasteiger partial charge in [-0.3, -0.25) is 9.78 Å². The molecule has 0 aliphatic heterocycles. The Bertz CT molecular complexity index is 1340. The quantitative estimate of drug-likeness (QED) is 0.345. The Morgan fingerprint density at radius 1 is 1.17 bits per heavy atom. The van der Waals surface area contributed by atoms with Crippen LogP contribution < -0.4 is 4.72 Å². The summed E-state index contributed by atoms with van der Waals surface area (Å²) in [5, 5.41) is 9.36. The summed E-state index contributed by atoms with van der Waals surface area (Å²) >= 11 is 5.91. The normalized spacial score (nSPS) is 15.6. The first-order valence-corrected chi connectivity index (χ1v) is 13.9. The molecule has 4 rings (SSSR count). The number of pyridine rings is 1. The molecule has 6 nitrogen and oxygen atoms in total. The zero-order valence-corrected chi connectivity index (χ0v) is 21.4. The van der Waals surface area contributed by atoms with Crippen molar-refractivity contribution in [3.63, 3.8) is 0 Å². The number of rotatable bonds is 10. The van der Waals surface area contributed by atoms with E-state index in [9.17, 15) is 13.2 Å². The Morgan fingerprint density at radius 3 is 2.69 bits per heavy atom. The Hall–Kier alpha value is -3.00. The Morgan fingerprint density at radius 2 is 1.97 bits per heavy atom. The monoisotopic (exact) mass is 524 g/mol. The number of allylic oxidation sites excluding steroid dienone is 1. The predicted octanol–water partition coefficient (Wildman–Crippen LogP) is 5.43. The SMILES string of the molecule is O=C(O)CCC/C=C\c1cc(Cc2cccnc2)cc2c1CCC(NS(=O)(=O)c1ccc(Cl)cc1)C2. The first kappa shape index (κ1) is 26.1. The lowest BCUT2D eigenvalue weighted by Crippen LogP contribution is -2.39. The van der Waals surface area contributed by atoms with Gasteiger partial charge in [-0.15, -0.1) is 0 Å². The number of aromatic nitrogens is 1. The topological polar surface area (TPSA) is 96.4 Å². The lowest BCUT2D eigenvalue weighted by molar-refractivity contribution is -0.137. The minimum atomic E-state index is -3.65. The van der Waals surface area contributed by atoms with Crippen LogP contribution in [0.15, 0.2) is 71.9 Å². The van der Waals surface area contributed by atoms with E-state index in [2.05, 4.69) is 27.9 Å². The molecule has 1 aliphatic carbocycles. The number of carboxylic acids is 1. The summed E-state index contributed by atoms with van der Waals surface area (Å²) in [6, 6.07) is 14.3. The molecule has 1 atom stereocenters. The van der Waals surface area contributed by atoms with Gasteiger partial charge in [0.05, 0.1) is 4.90 Å². The number of halogens is 1. The number of carboxylic acid groups (broad SMARTS) is 1. The van der Waals surface area contributed by atoms with Crippen LogP contribution in [0.25, 0.3) is 6.08 Å². The van der Waals surface area contributed by atoms with Crippen LogP contribution in [0.4, 0.5) is 0 Å². The van der Waals surface area contributed by atoms with E-state index in [1.165, 1.54) is 17.7 Å². The Labute approximate surface area is 217 Å². The molecule has 8 heteroatoms. The summed E-state index contributed by atoms with van der Waals surface area (Å²) < 4.78 is 28.7. The fourth-order valence-corrected chi connectivity index (χ4v) is 5.97. The van der Waals surface area contributed by atoms with Crippen molar-refractivity contribution in [2.24, 2.45) is 0 Å². The molecule has 1 unspecified atom stereocenters. The smallest absolute Gasteiger partial charge is 0.303 e. The van der Waals surface area contributed by atoms with Crippen molar-refractivity contribution in [1.29, 1.82) is 0 Å². The molecule has 188 valence electrons. The van der Waals surface area contributed by atoms with Crippen LogP contribution in [0.3, 0.4) is 0 Å². The van der Waals surface area contributed by atoms with Gasteiger partial charge in [0.25, 0.3) is 0 Å². The van der Waals surface area contributed by atoms with Crippen molar-refractivity contribution < 1.29 is 18.3 Å². The van der Waals surface area contributed by atoms with Crippen molar-refractivity contribution in [3.05, 3.63) is 99.8 Å². The van der Waals surface area contributed by atoms with Gasteiger partial charge in [0.15, 0.2) is 0 Å². The number of benzene rings is 2. The maximum atomic E-state index is 12.9. The zero-order valence-electron chi connectivity index (χ0n) is 19.9. The summed E-state index contributed by atoms with van der Waals surface area (Å²) in [6.07, 6.45) is 11.9. The highest BCUT2D eigenvalue weighted by Gasteiger charge is 2.26. The van der Waals surface area contributed by atoms with Crippen molar-refractivity contribution in [2.45, 2.75) is 55.9 Å². The maximum absolute atomic E-state index is 12.9. The van der Waals surface area contributed by atoms with E-state index >= 15 is 0 Å². The van der Waals surface area contributed by atoms with Crippen LogP contribution in [0, 0.1) is 0 Å². The minimum absolute atomic E-state index is 0.152. The number of hydrogen-bond donors (Lipinski definition) is 2. The first-order valence-electron chi connectivity index (χ1n) is 12.0. The number of sulfonamides is 1. The molecule has 36 heavy (non-hydrogen) atoms. The second-order valence-electron chi connectivity index (χ2n) is 9.06. The van der Waals surface area contributed by atoms with Crippen LogP contribution in [-0.2, 0) is 34.1 Å². The predicted molar refractivity (Wildman–Crippen MR) is 142 cm³/mol. The van der Waals surface area contributed by atoms with Gasteiger partial charge in [0, 0.05) is 29.9 Å². The van der Waals surface area contributed by atoms with Gasteiger partial charge >= 0.3 is 5.97 Å². The molecule has 0 saturated carbocycles. The van der Waals surface area contributed by atoms with Gasteiger partial charge in [-0.1, -0.05) is 42.0 Å². The number of unbranched alkanes of at least 4 members (excludes halogenated alkanes) is 1. The van der Waals surface area contributed by atoms with E-state index < -0.39 is 16.0 Å². The second kappa shape index (κ2) is 11.8. The molecule has 1 aliphatic rings. The first-order chi connectivity index (χ1) is 17.3. The standard InChI is InChI=1S/C28H29ClN2O4S/c29-24-8-11-26(12-9-24)36(34,35)31-25-10-13-27-22(6-2-1-3-7-28(32)33)16-21(17-23(27)18-25)15-20-5-4-14-30-19-20/h2,4-6,8-9,11-12,14,16-17,19,25,31H,1,3,7,10,13,15,18H2,(H,32,33)/b6-2-. The van der Waals surface area contributed by atoms with Gasteiger partial charge in [0.2, 0.25) is 10.0 Å². The lowest BCUT2D eigenvalue weighted by Gasteiger charge is -2.27. The van der Waals surface area contributed by atoms with Gasteiger partial charge in [-0.2, -0.15) is 0 Å². The van der Waals surface area contributed by atoms with Gasteiger partial charge < -0.3 is 5.11 Å². The molecule has 1 aromatic heterocycles. The summed E-state index contributed by atoms with van der Waals surface area (Å²) in [5.41, 5.74) is 5.71. The average Bonchev–Trinajstić information content (AvgIpc) is 2.84. The summed E-state index contributed by atoms with van der Waals surface area (Å²) in [6.45, 7) is 0. The lowest BCUT2D eigenvalue weighted by atomic mass is 9.83. The Balaban J connectivity index is 1.56. The van der Waals surface area contributed by atoms with Crippen LogP contribution in [-0.4, -0.2) is 30.5 Å². The maximum Gasteiger partial charge on any atom is 0.303 e. The minimum Gasteiger partial charge on any atom is -0.481 e. The van der Waals surface area contributed by atoms with Crippen molar-refractivity contribution in [1.82, 2.24) is 9.71 Å². The van der Waals surface area contributed by atoms with Crippen LogP contribution in [0.1, 0.15) is 53.5 Å². The average molecular weight is 525 g/mol. The van der Waals surface area contributed by atoms with E-state index in [-0.39, 0.29) is 17.4 Å². The summed E-state index contributed by atoms with van der Waals surface area (Å²) in [7, 11) is -3.65. The second-order valence-corrected chi connectivity index (χ2v) is 11.2. The number of fused-ring (bicyclic) bond motifs is 1. The molecular weight excluding hydrogens is 496 g/mol. The third-order valence-corrected chi connectivity index (χ3v) is 8.07. The van der Waals surface area contributed by atoms with Gasteiger partial charge in [0.1, 0.15) is 0 Å². The fourth-order valence-electron chi connectivity index (χ4n) is 4.57. The van der Waals surface area contributed by atoms with E-state index in [1.807, 2.05) is 24.4 Å². The van der Waals surface area contributed by atoms with Gasteiger partial charge in [-0.25, -0.2) is 13.1 Å². The van der Waals surface area contributed by atoms with E-state index in [4.69, 9.17) is 16.7 Å². The number of aliphatic carboxylic acids is 1. The molecule has 2 N–H and O–H groups in total. The summed E-state index contributed by atoms with van der Waals surface area (Å²) in [4.78, 5) is 15.2. The molecule has 1 heterocycles. The highest BCUT2D eigenvalue weighted by Crippen LogP contribution is 2.29. The summed E-state index contributed by atoms with van der Waals surface area (Å²) in [5.74, 6) is -0.786. The molecule has 3 aromatic rings. The zero-order chi connectivity index (χ0) is 25.5. The molecule has 0 fully saturated rings. The van der Waals surface area contributed by atoms with E-state index in [0.29, 0.717) is 30.7 Å². The molecule has 0 radical (unpaired) electrons. The molecule has 0 bridgehead atoms. The van der Waals surface area contributed by atoms with Crippen molar-refractivity contribution in [2.75, 3.05) is 0 Å². The number of nitrogens with zero attached hydrogens (tertiary/aromatic N) is 1. The van der Waals surface area contributed by atoms with Crippen molar-refractivity contribution in [3.8, 4) is 0 Å². The number of carbonyl (C=O) groups is 1. The molecule has 0 saturated heterocycles. The van der Waals surface area contributed by atoms with Crippen molar-refractivity contribution >= 4 is 33.7 Å². The van der Waals surface area contributed by atoms with Gasteiger partial charge in [-0.05, 0) is 96.7 Å². The fraction of sp³-hybridized carbons (Fsp3) is 0.286. The highest BCUT2D eigenvalue weighted by atomic mass is 35.5. The van der Waals surface area contributed by atoms with E-state index in [1.54, 1.807) is 18.3 Å². The highest BCUT2D eigenvalue weighted by molar-refractivity contribution is 7.89. The largest absolute Gasteiger partial charge is 0.481 e. The number of hydrogen-bond acceptors (Lipinski definition) is 4. The molecular formula is C28H29ClN2O4S. The molecule has 2 aromatic carbocycles. The third-order valence-electron chi connectivity index (χ3n) is 6.28.